The van der Waals surface area contributed by atoms with E-state index in [0.717, 1.165) is 17.7 Å². The lowest BCUT2D eigenvalue weighted by molar-refractivity contribution is -0.137. The number of halogens is 3. The van der Waals surface area contributed by atoms with Crippen molar-refractivity contribution in [3.05, 3.63) is 71.3 Å². The molecule has 31 heavy (non-hydrogen) atoms. The van der Waals surface area contributed by atoms with Crippen molar-refractivity contribution < 1.29 is 22.8 Å². The molecule has 2 amide bonds. The van der Waals surface area contributed by atoms with Crippen LogP contribution >= 0.6 is 0 Å². The van der Waals surface area contributed by atoms with E-state index in [4.69, 9.17) is 0 Å². The largest absolute Gasteiger partial charge is 0.416 e. The highest BCUT2D eigenvalue weighted by molar-refractivity contribution is 5.94. The molecule has 166 valence electrons. The summed E-state index contributed by atoms with van der Waals surface area (Å²) in [5.74, 6) is -0.225. The minimum Gasteiger partial charge on any atom is -0.349 e. The zero-order valence-corrected chi connectivity index (χ0v) is 17.4. The molecule has 0 aliphatic carbocycles. The highest BCUT2D eigenvalue weighted by Crippen LogP contribution is 2.29. The predicted molar refractivity (Wildman–Crippen MR) is 111 cm³/mol. The van der Waals surface area contributed by atoms with Gasteiger partial charge in [0.15, 0.2) is 0 Å². The maximum atomic E-state index is 12.7. The summed E-state index contributed by atoms with van der Waals surface area (Å²) in [5.41, 5.74) is 0.712. The lowest BCUT2D eigenvalue weighted by atomic mass is 10.1. The van der Waals surface area contributed by atoms with E-state index >= 15 is 0 Å². The third kappa shape index (κ3) is 6.55. The predicted octanol–water partition coefficient (Wildman–Crippen LogP) is 3.56. The van der Waals surface area contributed by atoms with Crippen LogP contribution in [0.1, 0.15) is 34.8 Å². The number of hydrogen-bond acceptors (Lipinski definition) is 3. The van der Waals surface area contributed by atoms with E-state index in [1.165, 1.54) is 12.1 Å². The molecule has 8 heteroatoms. The molecule has 1 atom stereocenters. The summed E-state index contributed by atoms with van der Waals surface area (Å²) in [6, 6.07) is 13.8. The normalized spacial score (nSPS) is 16.1. The molecule has 5 nitrogen and oxygen atoms in total. The Morgan fingerprint density at radius 3 is 2.16 bits per heavy atom. The molecular formula is C23H26F3N3O2. The van der Waals surface area contributed by atoms with Gasteiger partial charge in [0.25, 0.3) is 5.91 Å². The number of nitrogens with one attached hydrogen (secondary N) is 1. The maximum absolute atomic E-state index is 12.7. The maximum Gasteiger partial charge on any atom is 0.416 e. The van der Waals surface area contributed by atoms with Crippen LogP contribution in [-0.4, -0.2) is 53.8 Å². The van der Waals surface area contributed by atoms with Crippen LogP contribution in [0.3, 0.4) is 0 Å². The van der Waals surface area contributed by atoms with Crippen molar-refractivity contribution in [3.8, 4) is 0 Å². The molecule has 2 aromatic rings. The number of hydrogen-bond donors (Lipinski definition) is 1. The van der Waals surface area contributed by atoms with Crippen LogP contribution in [0.15, 0.2) is 54.6 Å². The monoisotopic (exact) mass is 433 g/mol. The first-order valence-electron chi connectivity index (χ1n) is 10.2. The van der Waals surface area contributed by atoms with E-state index in [0.29, 0.717) is 38.3 Å². The summed E-state index contributed by atoms with van der Waals surface area (Å²) in [6.07, 6.45) is -4.11. The molecular weight excluding hydrogens is 407 g/mol. The van der Waals surface area contributed by atoms with Gasteiger partial charge in [-0.15, -0.1) is 0 Å². The fourth-order valence-electron chi connectivity index (χ4n) is 3.55. The highest BCUT2D eigenvalue weighted by atomic mass is 19.4. The van der Waals surface area contributed by atoms with Gasteiger partial charge >= 0.3 is 6.18 Å². The minimum absolute atomic E-state index is 0.0185. The second-order valence-corrected chi connectivity index (χ2v) is 7.80. The molecule has 3 rings (SSSR count). The minimum atomic E-state index is -4.33. The van der Waals surface area contributed by atoms with Crippen LogP contribution in [0, 0.1) is 0 Å². The molecule has 2 aromatic carbocycles. The summed E-state index contributed by atoms with van der Waals surface area (Å²) in [7, 11) is 0. The molecule has 1 N–H and O–H groups in total. The SMILES string of the molecule is CC(CC(=O)N1CCN(Cc2ccc(C(F)(F)F)cc2)CC1)NC(=O)c1ccccc1. The average Bonchev–Trinajstić information content (AvgIpc) is 2.74. The molecule has 0 aromatic heterocycles. The van der Waals surface area contributed by atoms with E-state index < -0.39 is 11.7 Å². The van der Waals surface area contributed by atoms with Gasteiger partial charge in [-0.25, -0.2) is 0 Å². The fourth-order valence-corrected chi connectivity index (χ4v) is 3.55. The second kappa shape index (κ2) is 9.96. The van der Waals surface area contributed by atoms with Gasteiger partial charge in [-0.1, -0.05) is 30.3 Å². The molecule has 0 bridgehead atoms. The molecule has 1 aliphatic heterocycles. The van der Waals surface area contributed by atoms with Crippen molar-refractivity contribution >= 4 is 11.8 Å². The van der Waals surface area contributed by atoms with E-state index in [1.54, 1.807) is 36.1 Å². The fraction of sp³-hybridized carbons (Fsp3) is 0.391. The van der Waals surface area contributed by atoms with Crippen molar-refractivity contribution in [2.45, 2.75) is 32.1 Å². The Hall–Kier alpha value is -2.87. The number of alkyl halides is 3. The summed E-state index contributed by atoms with van der Waals surface area (Å²) in [4.78, 5) is 28.7. The lowest BCUT2D eigenvalue weighted by Crippen LogP contribution is -2.49. The second-order valence-electron chi connectivity index (χ2n) is 7.80. The van der Waals surface area contributed by atoms with Gasteiger partial charge in [-0.2, -0.15) is 13.2 Å². The summed E-state index contributed by atoms with van der Waals surface area (Å²) >= 11 is 0. The number of nitrogens with zero attached hydrogens (tertiary/aromatic N) is 2. The first-order chi connectivity index (χ1) is 14.7. The van der Waals surface area contributed by atoms with Crippen molar-refractivity contribution in [2.75, 3.05) is 26.2 Å². The van der Waals surface area contributed by atoms with Gasteiger partial charge in [-0.05, 0) is 36.8 Å². The third-order valence-corrected chi connectivity index (χ3v) is 5.31. The van der Waals surface area contributed by atoms with E-state index in [1.807, 2.05) is 6.07 Å². The number of benzene rings is 2. The quantitative estimate of drug-likeness (QED) is 0.758. The number of carbonyl (C=O) groups excluding carboxylic acids is 2. The van der Waals surface area contributed by atoms with Gasteiger partial charge in [0, 0.05) is 50.7 Å². The summed E-state index contributed by atoms with van der Waals surface area (Å²) in [5, 5.41) is 2.85. The topological polar surface area (TPSA) is 52.7 Å². The Kier molecular flexibility index (Phi) is 7.33. The number of amides is 2. The molecule has 0 radical (unpaired) electrons. The van der Waals surface area contributed by atoms with Crippen molar-refractivity contribution in [3.63, 3.8) is 0 Å². The molecule has 0 spiro atoms. The first kappa shape index (κ1) is 22.8. The Balaban J connectivity index is 1.42. The lowest BCUT2D eigenvalue weighted by Gasteiger charge is -2.35. The van der Waals surface area contributed by atoms with Gasteiger partial charge in [0.1, 0.15) is 0 Å². The third-order valence-electron chi connectivity index (χ3n) is 5.31. The van der Waals surface area contributed by atoms with E-state index in [2.05, 4.69) is 10.2 Å². The van der Waals surface area contributed by atoms with E-state index in [-0.39, 0.29) is 24.3 Å². The zero-order valence-electron chi connectivity index (χ0n) is 17.4. The van der Waals surface area contributed by atoms with Crippen LogP contribution in [0.25, 0.3) is 0 Å². The summed E-state index contributed by atoms with van der Waals surface area (Å²) < 4.78 is 38.0. The van der Waals surface area contributed by atoms with Gasteiger partial charge in [0.05, 0.1) is 5.56 Å². The highest BCUT2D eigenvalue weighted by Gasteiger charge is 2.30. The first-order valence-corrected chi connectivity index (χ1v) is 10.2. The molecule has 1 fully saturated rings. The van der Waals surface area contributed by atoms with Gasteiger partial charge in [0.2, 0.25) is 5.91 Å². The number of carbonyl (C=O) groups is 2. The standard InChI is InChI=1S/C23H26F3N3O2/c1-17(27-22(31)19-5-3-2-4-6-19)15-21(30)29-13-11-28(12-14-29)16-18-7-9-20(10-8-18)23(24,25)26/h2-10,17H,11-16H2,1H3,(H,27,31). The van der Waals surface area contributed by atoms with Crippen molar-refractivity contribution in [2.24, 2.45) is 0 Å². The van der Waals surface area contributed by atoms with Crippen LogP contribution < -0.4 is 5.32 Å². The van der Waals surface area contributed by atoms with Gasteiger partial charge < -0.3 is 10.2 Å². The molecule has 1 saturated heterocycles. The smallest absolute Gasteiger partial charge is 0.349 e. The van der Waals surface area contributed by atoms with Gasteiger partial charge in [-0.3, -0.25) is 14.5 Å². The molecule has 1 unspecified atom stereocenters. The number of piperazine rings is 1. The van der Waals surface area contributed by atoms with Crippen LogP contribution in [0.5, 0.6) is 0 Å². The summed E-state index contributed by atoms with van der Waals surface area (Å²) in [6.45, 7) is 4.76. The number of rotatable bonds is 6. The Bertz CT molecular complexity index is 877. The van der Waals surface area contributed by atoms with Crippen LogP contribution in [0.4, 0.5) is 13.2 Å². The Morgan fingerprint density at radius 1 is 0.968 bits per heavy atom. The molecule has 1 heterocycles. The molecule has 0 saturated carbocycles. The van der Waals surface area contributed by atoms with Crippen molar-refractivity contribution in [1.82, 2.24) is 15.1 Å². The van der Waals surface area contributed by atoms with Crippen LogP contribution in [0.2, 0.25) is 0 Å². The molecule has 1 aliphatic rings. The van der Waals surface area contributed by atoms with Crippen molar-refractivity contribution in [1.29, 1.82) is 0 Å². The zero-order chi connectivity index (χ0) is 22.4. The Labute approximate surface area is 179 Å². The van der Waals surface area contributed by atoms with Crippen LogP contribution in [-0.2, 0) is 17.5 Å². The Morgan fingerprint density at radius 2 is 1.58 bits per heavy atom. The average molecular weight is 433 g/mol. The van der Waals surface area contributed by atoms with E-state index in [9.17, 15) is 22.8 Å².